The third kappa shape index (κ3) is 2.14. The van der Waals surface area contributed by atoms with Gasteiger partial charge in [0.1, 0.15) is 0 Å². The SMILES string of the molecule is Cc1cccc(C(=O)C2CC3CCC(C2)N3)c1. The van der Waals surface area contributed by atoms with Gasteiger partial charge in [0.25, 0.3) is 0 Å². The fraction of sp³-hybridized carbons (Fsp3) is 0.533. The van der Waals surface area contributed by atoms with Crippen LogP contribution in [-0.2, 0) is 0 Å². The van der Waals surface area contributed by atoms with Gasteiger partial charge in [-0.25, -0.2) is 0 Å². The number of hydrogen-bond donors (Lipinski definition) is 1. The molecule has 1 aromatic carbocycles. The Hall–Kier alpha value is -1.15. The van der Waals surface area contributed by atoms with Crippen LogP contribution in [0, 0.1) is 12.8 Å². The van der Waals surface area contributed by atoms with Crippen molar-refractivity contribution in [1.29, 1.82) is 0 Å². The molecule has 1 N–H and O–H groups in total. The molecule has 1 aromatic rings. The van der Waals surface area contributed by atoms with E-state index in [0.717, 1.165) is 18.4 Å². The molecule has 2 bridgehead atoms. The third-order valence-corrected chi connectivity index (χ3v) is 4.15. The van der Waals surface area contributed by atoms with Crippen molar-refractivity contribution in [3.05, 3.63) is 35.4 Å². The van der Waals surface area contributed by atoms with Crippen LogP contribution < -0.4 is 5.32 Å². The zero-order valence-corrected chi connectivity index (χ0v) is 10.3. The van der Waals surface area contributed by atoms with Gasteiger partial charge < -0.3 is 5.32 Å². The molecule has 3 rings (SSSR count). The molecule has 0 aromatic heterocycles. The van der Waals surface area contributed by atoms with Crippen molar-refractivity contribution < 1.29 is 4.79 Å². The van der Waals surface area contributed by atoms with Gasteiger partial charge in [0.2, 0.25) is 0 Å². The van der Waals surface area contributed by atoms with Crippen molar-refractivity contribution in [3.63, 3.8) is 0 Å². The highest BCUT2D eigenvalue weighted by Crippen LogP contribution is 2.32. The standard InChI is InChI=1S/C15H19NO/c1-10-3-2-4-11(7-10)15(17)12-8-13-5-6-14(9-12)16-13/h2-4,7,12-14,16H,5-6,8-9H2,1H3. The summed E-state index contributed by atoms with van der Waals surface area (Å²) in [6, 6.07) is 9.19. The number of carbonyl (C=O) groups excluding carboxylic acids is 1. The van der Waals surface area contributed by atoms with E-state index in [9.17, 15) is 4.79 Å². The van der Waals surface area contributed by atoms with Gasteiger partial charge in [-0.2, -0.15) is 0 Å². The van der Waals surface area contributed by atoms with Crippen LogP contribution in [0.15, 0.2) is 24.3 Å². The van der Waals surface area contributed by atoms with E-state index in [1.54, 1.807) is 0 Å². The summed E-state index contributed by atoms with van der Waals surface area (Å²) >= 11 is 0. The second-order valence-corrected chi connectivity index (χ2v) is 5.54. The summed E-state index contributed by atoms with van der Waals surface area (Å²) in [6.45, 7) is 2.04. The summed E-state index contributed by atoms with van der Waals surface area (Å²) in [5, 5.41) is 3.59. The van der Waals surface area contributed by atoms with Crippen LogP contribution >= 0.6 is 0 Å². The zero-order chi connectivity index (χ0) is 11.8. The fourth-order valence-corrected chi connectivity index (χ4v) is 3.31. The number of piperidine rings is 1. The van der Waals surface area contributed by atoms with Crippen LogP contribution in [0.2, 0.25) is 0 Å². The minimum atomic E-state index is 0.246. The molecule has 2 atom stereocenters. The number of ketones is 1. The number of aryl methyl sites for hydroxylation is 1. The molecule has 0 spiro atoms. The molecule has 0 saturated carbocycles. The van der Waals surface area contributed by atoms with Crippen LogP contribution in [0.1, 0.15) is 41.6 Å². The monoisotopic (exact) mass is 229 g/mol. The predicted octanol–water partition coefficient (Wildman–Crippen LogP) is 2.71. The molecule has 2 aliphatic heterocycles. The second-order valence-electron chi connectivity index (χ2n) is 5.54. The quantitative estimate of drug-likeness (QED) is 0.790. The van der Waals surface area contributed by atoms with Crippen molar-refractivity contribution in [1.82, 2.24) is 5.32 Å². The second kappa shape index (κ2) is 4.26. The van der Waals surface area contributed by atoms with Crippen LogP contribution in [-0.4, -0.2) is 17.9 Å². The van der Waals surface area contributed by atoms with Crippen molar-refractivity contribution in [2.24, 2.45) is 5.92 Å². The van der Waals surface area contributed by atoms with Crippen LogP contribution in [0.3, 0.4) is 0 Å². The summed E-state index contributed by atoms with van der Waals surface area (Å²) in [5.74, 6) is 0.600. The number of carbonyl (C=O) groups is 1. The molecule has 0 amide bonds. The molecule has 2 heterocycles. The van der Waals surface area contributed by atoms with E-state index in [1.165, 1.54) is 18.4 Å². The lowest BCUT2D eigenvalue weighted by molar-refractivity contribution is 0.0875. The Kier molecular flexibility index (Phi) is 2.75. The molecule has 2 heteroatoms. The first-order valence-corrected chi connectivity index (χ1v) is 6.59. The van der Waals surface area contributed by atoms with Gasteiger partial charge >= 0.3 is 0 Å². The van der Waals surface area contributed by atoms with Gasteiger partial charge in [0.15, 0.2) is 5.78 Å². The Bertz CT molecular complexity index is 428. The Morgan fingerprint density at radius 1 is 1.24 bits per heavy atom. The van der Waals surface area contributed by atoms with E-state index in [2.05, 4.69) is 5.32 Å². The molecule has 2 unspecified atom stereocenters. The molecule has 2 nitrogen and oxygen atoms in total. The molecule has 2 aliphatic rings. The first-order chi connectivity index (χ1) is 8.22. The number of fused-ring (bicyclic) bond motifs is 2. The van der Waals surface area contributed by atoms with Crippen molar-refractivity contribution in [3.8, 4) is 0 Å². The smallest absolute Gasteiger partial charge is 0.166 e. The maximum absolute atomic E-state index is 12.4. The van der Waals surface area contributed by atoms with Gasteiger partial charge in [-0.3, -0.25) is 4.79 Å². The van der Waals surface area contributed by atoms with Crippen LogP contribution in [0.25, 0.3) is 0 Å². The minimum Gasteiger partial charge on any atom is -0.311 e. The molecule has 2 fully saturated rings. The number of hydrogen-bond acceptors (Lipinski definition) is 2. The Labute approximate surface area is 102 Å². The molecule has 2 saturated heterocycles. The fourth-order valence-electron chi connectivity index (χ4n) is 3.31. The first kappa shape index (κ1) is 11.0. The lowest BCUT2D eigenvalue weighted by Gasteiger charge is -2.28. The van der Waals surface area contributed by atoms with Gasteiger partial charge in [-0.15, -0.1) is 0 Å². The highest BCUT2D eigenvalue weighted by Gasteiger charge is 2.36. The van der Waals surface area contributed by atoms with E-state index >= 15 is 0 Å². The topological polar surface area (TPSA) is 29.1 Å². The van der Waals surface area contributed by atoms with E-state index < -0.39 is 0 Å². The average Bonchev–Trinajstić information content (AvgIpc) is 2.67. The zero-order valence-electron chi connectivity index (χ0n) is 10.3. The van der Waals surface area contributed by atoms with Crippen LogP contribution in [0.4, 0.5) is 0 Å². The maximum Gasteiger partial charge on any atom is 0.166 e. The van der Waals surface area contributed by atoms with Crippen molar-refractivity contribution in [2.45, 2.75) is 44.7 Å². The van der Waals surface area contributed by atoms with Crippen molar-refractivity contribution in [2.75, 3.05) is 0 Å². The van der Waals surface area contributed by atoms with E-state index in [0.29, 0.717) is 17.9 Å². The molecular weight excluding hydrogens is 210 g/mol. The number of rotatable bonds is 2. The highest BCUT2D eigenvalue weighted by atomic mass is 16.1. The highest BCUT2D eigenvalue weighted by molar-refractivity contribution is 5.98. The van der Waals surface area contributed by atoms with Gasteiger partial charge in [0, 0.05) is 23.6 Å². The summed E-state index contributed by atoms with van der Waals surface area (Å²) < 4.78 is 0. The number of benzene rings is 1. The third-order valence-electron chi connectivity index (χ3n) is 4.15. The summed E-state index contributed by atoms with van der Waals surface area (Å²) in [7, 11) is 0. The van der Waals surface area contributed by atoms with Gasteiger partial charge in [0.05, 0.1) is 0 Å². The lowest BCUT2D eigenvalue weighted by atomic mass is 9.85. The van der Waals surface area contributed by atoms with E-state index in [-0.39, 0.29) is 5.92 Å². The number of Topliss-reactive ketones (excluding diaryl/α,β-unsaturated/α-hetero) is 1. The Morgan fingerprint density at radius 3 is 2.59 bits per heavy atom. The van der Waals surface area contributed by atoms with E-state index in [1.807, 2.05) is 31.2 Å². The first-order valence-electron chi connectivity index (χ1n) is 6.59. The summed E-state index contributed by atoms with van der Waals surface area (Å²) in [4.78, 5) is 12.4. The van der Waals surface area contributed by atoms with Crippen LogP contribution in [0.5, 0.6) is 0 Å². The average molecular weight is 229 g/mol. The van der Waals surface area contributed by atoms with Gasteiger partial charge in [-0.05, 0) is 38.7 Å². The summed E-state index contributed by atoms with van der Waals surface area (Å²) in [5.41, 5.74) is 2.07. The van der Waals surface area contributed by atoms with Crippen molar-refractivity contribution >= 4 is 5.78 Å². The molecule has 90 valence electrons. The summed E-state index contributed by atoms with van der Waals surface area (Å²) in [6.07, 6.45) is 4.57. The molecular formula is C15H19NO. The predicted molar refractivity (Wildman–Crippen MR) is 68.2 cm³/mol. The normalized spacial score (nSPS) is 31.5. The molecule has 17 heavy (non-hydrogen) atoms. The van der Waals surface area contributed by atoms with E-state index in [4.69, 9.17) is 0 Å². The molecule has 0 aliphatic carbocycles. The minimum absolute atomic E-state index is 0.246. The molecule has 0 radical (unpaired) electrons. The largest absolute Gasteiger partial charge is 0.311 e. The Morgan fingerprint density at radius 2 is 1.94 bits per heavy atom. The Balaban J connectivity index is 1.78. The maximum atomic E-state index is 12.4. The lowest BCUT2D eigenvalue weighted by Crippen LogP contribution is -2.40. The van der Waals surface area contributed by atoms with Gasteiger partial charge in [-0.1, -0.05) is 23.8 Å². The number of nitrogens with one attached hydrogen (secondary N) is 1.